The zero-order valence-electron chi connectivity index (χ0n) is 8.78. The first kappa shape index (κ1) is 11.9. The summed E-state index contributed by atoms with van der Waals surface area (Å²) in [6.45, 7) is 0. The number of rotatable bonds is 3. The summed E-state index contributed by atoms with van der Waals surface area (Å²) in [6.07, 6.45) is 2.22. The van der Waals surface area contributed by atoms with Crippen LogP contribution in [0.15, 0.2) is 55.9 Å². The molecule has 0 saturated heterocycles. The topological polar surface area (TPSA) is 0 Å². The molecule has 1 aliphatic heterocycles. The van der Waals surface area contributed by atoms with Crippen LogP contribution in [0.1, 0.15) is 0 Å². The van der Waals surface area contributed by atoms with E-state index in [1.54, 1.807) is 22.7 Å². The molecular weight excluding hydrogens is 303 g/mol. The van der Waals surface area contributed by atoms with Gasteiger partial charge in [0.2, 0.25) is 0 Å². The van der Waals surface area contributed by atoms with Crippen molar-refractivity contribution in [3.05, 3.63) is 55.9 Å². The van der Waals surface area contributed by atoms with Crippen molar-refractivity contribution in [2.75, 3.05) is 0 Å². The van der Waals surface area contributed by atoms with Gasteiger partial charge >= 0.3 is 0 Å². The molecule has 0 amide bonds. The molecular formula is C12H9PS4. The fraction of sp³-hybridized carbons (Fsp3) is 0. The Kier molecular flexibility index (Phi) is 3.69. The van der Waals surface area contributed by atoms with Gasteiger partial charge in [-0.2, -0.15) is 22.7 Å². The van der Waals surface area contributed by atoms with Gasteiger partial charge in [0.15, 0.2) is 0 Å². The van der Waals surface area contributed by atoms with Crippen molar-refractivity contribution in [2.24, 2.45) is 0 Å². The van der Waals surface area contributed by atoms with Crippen LogP contribution < -0.4 is 10.6 Å². The van der Waals surface area contributed by atoms with Gasteiger partial charge in [-0.05, 0) is 85.6 Å². The molecule has 86 valence electrons. The predicted octanol–water partition coefficient (Wildman–Crippen LogP) is 3.69. The van der Waals surface area contributed by atoms with Crippen molar-refractivity contribution in [3.63, 3.8) is 0 Å². The molecule has 3 heterocycles. The fourth-order valence-electron chi connectivity index (χ4n) is 1.68. The molecule has 0 aromatic carbocycles. The Bertz CT molecular complexity index is 544. The van der Waals surface area contributed by atoms with Gasteiger partial charge in [0.05, 0.1) is 0 Å². The second-order valence-electron chi connectivity index (χ2n) is 3.47. The quantitative estimate of drug-likeness (QED) is 0.779. The number of thiophene rings is 2. The largest absolute Gasteiger partial charge is 0.152 e. The molecule has 0 N–H and O–H groups in total. The van der Waals surface area contributed by atoms with Gasteiger partial charge < -0.3 is 0 Å². The molecule has 1 aliphatic rings. The minimum Gasteiger partial charge on any atom is -0.152 e. The lowest BCUT2D eigenvalue weighted by atomic mass is 10.6. The van der Waals surface area contributed by atoms with Gasteiger partial charge in [0.25, 0.3) is 0 Å². The third-order valence-electron chi connectivity index (χ3n) is 2.40. The highest BCUT2D eigenvalue weighted by Gasteiger charge is 2.20. The zero-order chi connectivity index (χ0) is 11.7. The molecule has 0 bridgehead atoms. The summed E-state index contributed by atoms with van der Waals surface area (Å²) >= 11 is 8.88. The average Bonchev–Trinajstić information content (AvgIpc) is 3.02. The molecule has 0 nitrogen and oxygen atoms in total. The van der Waals surface area contributed by atoms with E-state index in [-0.39, 0.29) is 17.4 Å². The van der Waals surface area contributed by atoms with Crippen LogP contribution in [-0.4, -0.2) is 0 Å². The van der Waals surface area contributed by atoms with Crippen LogP contribution in [0.4, 0.5) is 0 Å². The summed E-state index contributed by atoms with van der Waals surface area (Å²) < 4.78 is 0. The Morgan fingerprint density at radius 2 is 1.71 bits per heavy atom. The van der Waals surface area contributed by atoms with E-state index in [1.807, 2.05) is 0 Å². The van der Waals surface area contributed by atoms with E-state index in [9.17, 15) is 0 Å². The zero-order valence-corrected chi connectivity index (χ0v) is 12.9. The second-order valence-corrected chi connectivity index (χ2v) is 9.57. The fourth-order valence-corrected chi connectivity index (χ4v) is 7.93. The minimum absolute atomic E-state index is 0.0830. The highest BCUT2D eigenvalue weighted by molar-refractivity contribution is 8.32. The smallest absolute Gasteiger partial charge is 0.000964 e. The van der Waals surface area contributed by atoms with E-state index in [0.29, 0.717) is 0 Å². The normalized spacial score (nSPS) is 18.9. The highest BCUT2D eigenvalue weighted by Crippen LogP contribution is 2.46. The van der Waals surface area contributed by atoms with Crippen LogP contribution in [0, 0.1) is 0 Å². The molecule has 0 spiro atoms. The maximum Gasteiger partial charge on any atom is -0.000964 e. The first-order valence-corrected chi connectivity index (χ1v) is 10.5. The molecule has 0 fully saturated rings. The van der Waals surface area contributed by atoms with Gasteiger partial charge in [0, 0.05) is 0 Å². The van der Waals surface area contributed by atoms with E-state index in [2.05, 4.69) is 50.5 Å². The summed E-state index contributed by atoms with van der Waals surface area (Å²) in [7, 11) is -0.452. The molecule has 2 aromatic heterocycles. The summed E-state index contributed by atoms with van der Waals surface area (Å²) in [5, 5.41) is 17.5. The van der Waals surface area contributed by atoms with Crippen molar-refractivity contribution in [2.45, 2.75) is 0 Å². The SMILES string of the molecule is S=S1C=CC(P(c2ccsc2)c2ccsc2)=C1. The Labute approximate surface area is 117 Å². The van der Waals surface area contributed by atoms with E-state index >= 15 is 0 Å². The van der Waals surface area contributed by atoms with Crippen molar-refractivity contribution < 1.29 is 0 Å². The van der Waals surface area contributed by atoms with Gasteiger partial charge in [-0.25, -0.2) is 0 Å². The van der Waals surface area contributed by atoms with Crippen LogP contribution in [-0.2, 0) is 20.6 Å². The molecule has 17 heavy (non-hydrogen) atoms. The Morgan fingerprint density at radius 1 is 1.06 bits per heavy atom. The lowest BCUT2D eigenvalue weighted by Gasteiger charge is -2.15. The van der Waals surface area contributed by atoms with E-state index < -0.39 is 0 Å². The highest BCUT2D eigenvalue weighted by atomic mass is 32.8. The summed E-state index contributed by atoms with van der Waals surface area (Å²) in [5.74, 6) is 0. The maximum atomic E-state index is 5.34. The Hall–Kier alpha value is -0.120. The van der Waals surface area contributed by atoms with Gasteiger partial charge in [-0.1, -0.05) is 9.45 Å². The van der Waals surface area contributed by atoms with Gasteiger partial charge in [0.1, 0.15) is 0 Å². The number of hydrogen-bond donors (Lipinski definition) is 0. The van der Waals surface area contributed by atoms with Crippen LogP contribution in [0.25, 0.3) is 0 Å². The Morgan fingerprint density at radius 3 is 2.12 bits per heavy atom. The van der Waals surface area contributed by atoms with Crippen molar-refractivity contribution in [3.8, 4) is 0 Å². The lowest BCUT2D eigenvalue weighted by molar-refractivity contribution is 1.97. The van der Waals surface area contributed by atoms with Crippen molar-refractivity contribution in [1.82, 2.24) is 0 Å². The summed E-state index contributed by atoms with van der Waals surface area (Å²) in [6, 6.07) is 4.48. The molecule has 5 heteroatoms. The third-order valence-corrected chi connectivity index (χ3v) is 8.18. The van der Waals surface area contributed by atoms with Gasteiger partial charge in [-0.15, -0.1) is 0 Å². The summed E-state index contributed by atoms with van der Waals surface area (Å²) in [4.78, 5) is 0. The standard InChI is InChI=1S/C12H9PS4/c14-17-6-3-12(9-17)13(10-1-4-15-7-10)11-2-5-16-8-11/h1-9H. The van der Waals surface area contributed by atoms with Crippen LogP contribution in [0.3, 0.4) is 0 Å². The van der Waals surface area contributed by atoms with Crippen LogP contribution >= 0.6 is 30.6 Å². The molecule has 0 aliphatic carbocycles. The van der Waals surface area contributed by atoms with E-state index in [0.717, 1.165) is 0 Å². The van der Waals surface area contributed by atoms with Crippen molar-refractivity contribution in [1.29, 1.82) is 0 Å². The first-order valence-electron chi connectivity index (χ1n) is 4.98. The summed E-state index contributed by atoms with van der Waals surface area (Å²) in [5.41, 5.74) is 0. The van der Waals surface area contributed by atoms with Crippen LogP contribution in [0.2, 0.25) is 0 Å². The second kappa shape index (κ2) is 5.25. The van der Waals surface area contributed by atoms with Crippen molar-refractivity contribution >= 4 is 61.8 Å². The molecule has 1 unspecified atom stereocenters. The van der Waals surface area contributed by atoms with Gasteiger partial charge in [-0.3, -0.25) is 0 Å². The first-order chi connectivity index (χ1) is 8.34. The molecule has 0 radical (unpaired) electrons. The number of allylic oxidation sites excluding steroid dienone is 2. The monoisotopic (exact) mass is 312 g/mol. The number of hydrogen-bond acceptors (Lipinski definition) is 3. The Balaban J connectivity index is 2.07. The molecule has 1 atom stereocenters. The average molecular weight is 312 g/mol. The molecule has 0 saturated carbocycles. The van der Waals surface area contributed by atoms with E-state index in [4.69, 9.17) is 11.2 Å². The molecule has 3 rings (SSSR count). The van der Waals surface area contributed by atoms with E-state index in [1.165, 1.54) is 15.9 Å². The van der Waals surface area contributed by atoms with Crippen LogP contribution in [0.5, 0.6) is 0 Å². The lowest BCUT2D eigenvalue weighted by Crippen LogP contribution is -2.08. The third kappa shape index (κ3) is 2.51. The maximum absolute atomic E-state index is 5.34. The minimum atomic E-state index is -0.369. The molecule has 2 aromatic rings. The predicted molar refractivity (Wildman–Crippen MR) is 86.8 cm³/mol.